The molecule has 1 aliphatic heterocycles. The number of nitrogens with zero attached hydrogens (tertiary/aromatic N) is 1. The van der Waals surface area contributed by atoms with Gasteiger partial charge in [0.15, 0.2) is 0 Å². The van der Waals surface area contributed by atoms with Gasteiger partial charge in [0.05, 0.1) is 0 Å². The van der Waals surface area contributed by atoms with Crippen LogP contribution in [0.3, 0.4) is 0 Å². The quantitative estimate of drug-likeness (QED) is 0.876. The third-order valence-corrected chi connectivity index (χ3v) is 5.35. The lowest BCUT2D eigenvalue weighted by atomic mass is 9.77. The van der Waals surface area contributed by atoms with E-state index in [-0.39, 0.29) is 0 Å². The van der Waals surface area contributed by atoms with Gasteiger partial charge in [-0.05, 0) is 62.3 Å². The van der Waals surface area contributed by atoms with E-state index in [0.29, 0.717) is 11.8 Å². The number of rotatable bonds is 3. The topological polar surface area (TPSA) is 23.5 Å². The van der Waals surface area contributed by atoms with Crippen molar-refractivity contribution < 1.29 is 5.11 Å². The van der Waals surface area contributed by atoms with Crippen LogP contribution in [0.4, 0.5) is 0 Å². The van der Waals surface area contributed by atoms with E-state index in [0.717, 1.165) is 18.4 Å². The lowest BCUT2D eigenvalue weighted by Crippen LogP contribution is -2.48. The molecular formula is C18H27NO. The Morgan fingerprint density at radius 2 is 1.80 bits per heavy atom. The molecule has 2 heteroatoms. The average molecular weight is 273 g/mol. The fraction of sp³-hybridized carbons (Fsp3) is 0.667. The molecule has 2 fully saturated rings. The smallest absolute Gasteiger partial charge is 0.115 e. The van der Waals surface area contributed by atoms with Crippen molar-refractivity contribution in [2.24, 2.45) is 5.92 Å². The lowest BCUT2D eigenvalue weighted by Gasteiger charge is -2.47. The molecule has 0 radical (unpaired) electrons. The number of likely N-dealkylation sites (tertiary alicyclic amines) is 1. The summed E-state index contributed by atoms with van der Waals surface area (Å²) in [5, 5.41) is 9.50. The Balaban J connectivity index is 1.82. The Bertz CT molecular complexity index is 426. The molecule has 3 atom stereocenters. The summed E-state index contributed by atoms with van der Waals surface area (Å²) < 4.78 is 0. The second kappa shape index (κ2) is 6.17. The van der Waals surface area contributed by atoms with Gasteiger partial charge in [-0.3, -0.25) is 4.90 Å². The maximum absolute atomic E-state index is 9.50. The molecule has 1 saturated carbocycles. The van der Waals surface area contributed by atoms with Gasteiger partial charge in [0, 0.05) is 12.1 Å². The molecule has 0 spiro atoms. The zero-order chi connectivity index (χ0) is 13.9. The largest absolute Gasteiger partial charge is 0.508 e. The van der Waals surface area contributed by atoms with Crippen LogP contribution in [0, 0.1) is 5.92 Å². The van der Waals surface area contributed by atoms with Gasteiger partial charge < -0.3 is 5.11 Å². The Morgan fingerprint density at radius 3 is 2.55 bits per heavy atom. The fourth-order valence-corrected chi connectivity index (χ4v) is 4.41. The molecule has 1 aromatic rings. The highest BCUT2D eigenvalue weighted by atomic mass is 16.3. The molecule has 1 aliphatic carbocycles. The van der Waals surface area contributed by atoms with Gasteiger partial charge in [-0.2, -0.15) is 0 Å². The molecule has 2 aliphatic rings. The lowest BCUT2D eigenvalue weighted by molar-refractivity contribution is 0.0234. The van der Waals surface area contributed by atoms with Gasteiger partial charge in [0.2, 0.25) is 0 Å². The Kier molecular flexibility index (Phi) is 4.30. The predicted octanol–water partition coefficient (Wildman–Crippen LogP) is 4.50. The second-order valence-electron chi connectivity index (χ2n) is 6.51. The zero-order valence-electron chi connectivity index (χ0n) is 12.6. The molecule has 2 nitrogen and oxygen atoms in total. The highest BCUT2D eigenvalue weighted by Crippen LogP contribution is 2.40. The van der Waals surface area contributed by atoms with Gasteiger partial charge in [-0.1, -0.05) is 31.9 Å². The minimum Gasteiger partial charge on any atom is -0.508 e. The number of hydrogen-bond acceptors (Lipinski definition) is 2. The summed E-state index contributed by atoms with van der Waals surface area (Å²) in [4.78, 5) is 2.78. The van der Waals surface area contributed by atoms with E-state index in [1.165, 1.54) is 50.6 Å². The Hall–Kier alpha value is -1.02. The first-order valence-corrected chi connectivity index (χ1v) is 8.34. The maximum Gasteiger partial charge on any atom is 0.115 e. The molecule has 3 unspecified atom stereocenters. The first-order chi connectivity index (χ1) is 9.79. The molecule has 1 aromatic carbocycles. The van der Waals surface area contributed by atoms with Crippen molar-refractivity contribution in [2.75, 3.05) is 6.54 Å². The van der Waals surface area contributed by atoms with E-state index in [9.17, 15) is 5.11 Å². The third-order valence-electron chi connectivity index (χ3n) is 5.35. The minimum atomic E-state index is 0.373. The molecule has 1 heterocycles. The third kappa shape index (κ3) is 2.71. The summed E-state index contributed by atoms with van der Waals surface area (Å²) in [6.07, 6.45) is 9.62. The van der Waals surface area contributed by atoms with Crippen LogP contribution < -0.4 is 0 Å². The van der Waals surface area contributed by atoms with Crippen molar-refractivity contribution in [3.05, 3.63) is 29.8 Å². The average Bonchev–Trinajstić information content (AvgIpc) is 2.50. The van der Waals surface area contributed by atoms with E-state index >= 15 is 0 Å². The van der Waals surface area contributed by atoms with Crippen LogP contribution in [0.5, 0.6) is 5.75 Å². The fourth-order valence-electron chi connectivity index (χ4n) is 4.41. The van der Waals surface area contributed by atoms with Crippen LogP contribution in [0.2, 0.25) is 0 Å². The molecular weight excluding hydrogens is 246 g/mol. The molecule has 1 saturated heterocycles. The van der Waals surface area contributed by atoms with Crippen molar-refractivity contribution in [1.82, 2.24) is 4.90 Å². The van der Waals surface area contributed by atoms with Crippen LogP contribution >= 0.6 is 0 Å². The Morgan fingerprint density at radius 1 is 1.10 bits per heavy atom. The van der Waals surface area contributed by atoms with Crippen molar-refractivity contribution in [1.29, 1.82) is 0 Å². The summed E-state index contributed by atoms with van der Waals surface area (Å²) in [6, 6.07) is 9.21. The first kappa shape index (κ1) is 13.9. The summed E-state index contributed by atoms with van der Waals surface area (Å²) in [7, 11) is 0. The van der Waals surface area contributed by atoms with E-state index in [1.54, 1.807) is 0 Å². The van der Waals surface area contributed by atoms with Gasteiger partial charge in [0.25, 0.3) is 0 Å². The summed E-state index contributed by atoms with van der Waals surface area (Å²) >= 11 is 0. The highest BCUT2D eigenvalue weighted by molar-refractivity contribution is 5.28. The molecule has 0 bridgehead atoms. The number of hydrogen-bond donors (Lipinski definition) is 1. The number of aromatic hydroxyl groups is 1. The van der Waals surface area contributed by atoms with E-state index in [1.807, 2.05) is 12.1 Å². The SMILES string of the molecule is CCC(c1ccc(O)cc1)N1CCCC2CCCCC21. The molecule has 20 heavy (non-hydrogen) atoms. The van der Waals surface area contributed by atoms with E-state index in [4.69, 9.17) is 0 Å². The van der Waals surface area contributed by atoms with Gasteiger partial charge in [-0.15, -0.1) is 0 Å². The summed E-state index contributed by atoms with van der Waals surface area (Å²) in [5.74, 6) is 1.31. The number of piperidine rings is 1. The van der Waals surface area contributed by atoms with Crippen molar-refractivity contribution in [2.45, 2.75) is 64.0 Å². The zero-order valence-corrected chi connectivity index (χ0v) is 12.6. The van der Waals surface area contributed by atoms with Crippen LogP contribution in [-0.4, -0.2) is 22.6 Å². The molecule has 3 rings (SSSR count). The minimum absolute atomic E-state index is 0.373. The molecule has 110 valence electrons. The van der Waals surface area contributed by atoms with Crippen molar-refractivity contribution in [3.63, 3.8) is 0 Å². The Labute approximate surface area is 122 Å². The van der Waals surface area contributed by atoms with Crippen LogP contribution in [-0.2, 0) is 0 Å². The van der Waals surface area contributed by atoms with Crippen LogP contribution in [0.1, 0.15) is 63.5 Å². The number of phenolic OH excluding ortho intramolecular Hbond substituents is 1. The van der Waals surface area contributed by atoms with Gasteiger partial charge in [-0.25, -0.2) is 0 Å². The van der Waals surface area contributed by atoms with Crippen LogP contribution in [0.25, 0.3) is 0 Å². The molecule has 0 amide bonds. The first-order valence-electron chi connectivity index (χ1n) is 8.34. The summed E-state index contributed by atoms with van der Waals surface area (Å²) in [6.45, 7) is 3.55. The molecule has 1 N–H and O–H groups in total. The van der Waals surface area contributed by atoms with Crippen molar-refractivity contribution in [3.8, 4) is 5.75 Å². The van der Waals surface area contributed by atoms with Gasteiger partial charge >= 0.3 is 0 Å². The monoisotopic (exact) mass is 273 g/mol. The maximum atomic E-state index is 9.50. The van der Waals surface area contributed by atoms with E-state index < -0.39 is 0 Å². The standard InChI is InChI=1S/C18H27NO/c1-2-17(15-9-11-16(20)12-10-15)19-13-5-7-14-6-3-4-8-18(14)19/h9-12,14,17-18,20H,2-8,13H2,1H3. The number of benzene rings is 1. The van der Waals surface area contributed by atoms with Gasteiger partial charge in [0.1, 0.15) is 5.75 Å². The van der Waals surface area contributed by atoms with E-state index in [2.05, 4.69) is 24.0 Å². The van der Waals surface area contributed by atoms with Crippen molar-refractivity contribution >= 4 is 0 Å². The van der Waals surface area contributed by atoms with Crippen LogP contribution in [0.15, 0.2) is 24.3 Å². The highest BCUT2D eigenvalue weighted by Gasteiger charge is 2.36. The second-order valence-corrected chi connectivity index (χ2v) is 6.51. The number of fused-ring (bicyclic) bond motifs is 1. The molecule has 0 aromatic heterocycles. The normalized spacial score (nSPS) is 28.9. The summed E-state index contributed by atoms with van der Waals surface area (Å²) in [5.41, 5.74) is 1.37. The predicted molar refractivity (Wildman–Crippen MR) is 82.8 cm³/mol. The number of phenols is 1.